The lowest BCUT2D eigenvalue weighted by molar-refractivity contribution is -0.129. The largest absolute Gasteiger partial charge is 0.497 e. The predicted octanol–water partition coefficient (Wildman–Crippen LogP) is 0.769. The van der Waals surface area contributed by atoms with Gasteiger partial charge in [-0.15, -0.1) is 0 Å². The van der Waals surface area contributed by atoms with Gasteiger partial charge >= 0.3 is 12.1 Å². The van der Waals surface area contributed by atoms with Gasteiger partial charge in [-0.3, -0.25) is 15.0 Å². The van der Waals surface area contributed by atoms with Crippen LogP contribution in [0, 0.1) is 11.8 Å². The van der Waals surface area contributed by atoms with Crippen LogP contribution in [0.1, 0.15) is 51.3 Å². The second-order valence-electron chi connectivity index (χ2n) is 12.2. The summed E-state index contributed by atoms with van der Waals surface area (Å²) < 4.78 is 5.26. The Morgan fingerprint density at radius 2 is 1.29 bits per heavy atom. The maximum atomic E-state index is 13.5. The Morgan fingerprint density at radius 3 is 1.78 bits per heavy atom. The molecule has 2 aromatic carbocycles. The minimum Gasteiger partial charge on any atom is -0.497 e. The van der Waals surface area contributed by atoms with Gasteiger partial charge in [0.15, 0.2) is 0 Å². The van der Waals surface area contributed by atoms with Crippen molar-refractivity contribution < 1.29 is 39.2 Å². The summed E-state index contributed by atoms with van der Waals surface area (Å²) >= 11 is 0. The smallest absolute Gasteiger partial charge is 0.315 e. The van der Waals surface area contributed by atoms with E-state index in [1.54, 1.807) is 76.2 Å². The maximum Gasteiger partial charge on any atom is 0.315 e. The number of amides is 6. The Labute approximate surface area is 288 Å². The van der Waals surface area contributed by atoms with Gasteiger partial charge in [0.25, 0.3) is 5.91 Å². The van der Waals surface area contributed by atoms with Crippen LogP contribution in [0.2, 0.25) is 0 Å². The average molecular weight is 688 g/mol. The lowest BCUT2D eigenvalue weighted by Gasteiger charge is -2.31. The minimum atomic E-state index is -1.12. The number of carbonyl (C=O) groups is 4. The second kappa shape index (κ2) is 21.5. The SMILES string of the molecule is COc1ccc(CN(CCC(O)C(NC(=O)C(NC(=O)NCCO)C(C)C)c2ccccc2)NC(=O)C(NC(=O)NCCO)C(C)C)cc1. The highest BCUT2D eigenvalue weighted by molar-refractivity contribution is 5.88. The number of aliphatic hydroxyl groups is 3. The van der Waals surface area contributed by atoms with Crippen LogP contribution in [0.25, 0.3) is 0 Å². The molecule has 0 bridgehead atoms. The van der Waals surface area contributed by atoms with Crippen LogP contribution in [0.3, 0.4) is 0 Å². The van der Waals surface area contributed by atoms with Crippen molar-refractivity contribution in [1.29, 1.82) is 0 Å². The van der Waals surface area contributed by atoms with Gasteiger partial charge in [0, 0.05) is 26.2 Å². The lowest BCUT2D eigenvalue weighted by atomic mass is 9.97. The van der Waals surface area contributed by atoms with E-state index in [0.29, 0.717) is 11.3 Å². The third-order valence-electron chi connectivity index (χ3n) is 7.60. The highest BCUT2D eigenvalue weighted by Gasteiger charge is 2.31. The molecule has 4 atom stereocenters. The summed E-state index contributed by atoms with van der Waals surface area (Å²) in [6.07, 6.45) is -1.02. The Balaban J connectivity index is 2.29. The summed E-state index contributed by atoms with van der Waals surface area (Å²) in [5.41, 5.74) is 4.36. The van der Waals surface area contributed by atoms with Gasteiger partial charge in [0.2, 0.25) is 5.91 Å². The zero-order valence-corrected chi connectivity index (χ0v) is 28.9. The Kier molecular flexibility index (Phi) is 17.9. The molecule has 0 aliphatic carbocycles. The topological polar surface area (TPSA) is 214 Å². The van der Waals surface area contributed by atoms with Crippen LogP contribution in [0.5, 0.6) is 5.75 Å². The molecule has 0 fully saturated rings. The third-order valence-corrected chi connectivity index (χ3v) is 7.60. The normalized spacial score (nSPS) is 13.6. The van der Waals surface area contributed by atoms with Crippen molar-refractivity contribution in [2.24, 2.45) is 11.8 Å². The number of aliphatic hydroxyl groups excluding tert-OH is 3. The summed E-state index contributed by atoms with van der Waals surface area (Å²) in [4.78, 5) is 51.6. The van der Waals surface area contributed by atoms with E-state index in [4.69, 9.17) is 14.9 Å². The Hall–Kier alpha value is -4.44. The fourth-order valence-electron chi connectivity index (χ4n) is 4.90. The van der Waals surface area contributed by atoms with E-state index >= 15 is 0 Å². The maximum absolute atomic E-state index is 13.5. The van der Waals surface area contributed by atoms with Gasteiger partial charge < -0.3 is 46.6 Å². The first-order valence-electron chi connectivity index (χ1n) is 16.4. The molecule has 15 nitrogen and oxygen atoms in total. The molecule has 4 unspecified atom stereocenters. The molecule has 0 aliphatic heterocycles. The summed E-state index contributed by atoms with van der Waals surface area (Å²) in [5.74, 6) is -0.892. The molecular weight excluding hydrogens is 634 g/mol. The fourth-order valence-corrected chi connectivity index (χ4v) is 4.90. The second-order valence-corrected chi connectivity index (χ2v) is 12.2. The molecule has 0 radical (unpaired) electrons. The summed E-state index contributed by atoms with van der Waals surface area (Å²) in [6, 6.07) is 12.3. The van der Waals surface area contributed by atoms with Crippen molar-refractivity contribution in [1.82, 2.24) is 37.0 Å². The molecule has 272 valence electrons. The van der Waals surface area contributed by atoms with E-state index in [2.05, 4.69) is 32.0 Å². The van der Waals surface area contributed by atoms with Crippen LogP contribution < -0.4 is 36.7 Å². The van der Waals surface area contributed by atoms with E-state index in [0.717, 1.165) is 5.56 Å². The number of benzene rings is 2. The zero-order valence-electron chi connectivity index (χ0n) is 28.9. The minimum absolute atomic E-state index is 0.0259. The highest BCUT2D eigenvalue weighted by atomic mass is 16.5. The van der Waals surface area contributed by atoms with Crippen LogP contribution in [-0.4, -0.2) is 102 Å². The predicted molar refractivity (Wildman–Crippen MR) is 184 cm³/mol. The van der Waals surface area contributed by atoms with E-state index in [9.17, 15) is 24.3 Å². The first-order valence-corrected chi connectivity index (χ1v) is 16.4. The van der Waals surface area contributed by atoms with E-state index in [1.807, 2.05) is 18.2 Å². The van der Waals surface area contributed by atoms with E-state index in [1.165, 1.54) is 0 Å². The van der Waals surface area contributed by atoms with Crippen LogP contribution in [0.4, 0.5) is 9.59 Å². The van der Waals surface area contributed by atoms with Crippen molar-refractivity contribution in [2.75, 3.05) is 40.0 Å². The number of hydrazine groups is 1. The monoisotopic (exact) mass is 687 g/mol. The number of nitrogens with zero attached hydrogens (tertiary/aromatic N) is 1. The molecule has 0 saturated carbocycles. The molecule has 0 aromatic heterocycles. The van der Waals surface area contributed by atoms with Crippen LogP contribution in [-0.2, 0) is 16.1 Å². The number of hydrogen-bond donors (Lipinski definition) is 9. The first-order chi connectivity index (χ1) is 23.4. The number of carbonyl (C=O) groups excluding carboxylic acids is 4. The first kappa shape index (κ1) is 40.7. The standard InChI is InChI=1S/C34H53N7O8/c1-22(2)28(38-33(47)35-16-19-42)31(45)37-30(25-9-7-6-8-10-25)27(44)15-18-41(21-24-11-13-26(49-5)14-12-24)40-32(46)29(23(3)4)39-34(48)36-17-20-43/h6-14,22-23,27-30,42-44H,15-21H2,1-5H3,(H,37,45)(H,40,46)(H2,35,38,47)(H2,36,39,48). The molecule has 0 saturated heterocycles. The Morgan fingerprint density at radius 1 is 0.755 bits per heavy atom. The molecule has 9 N–H and O–H groups in total. The molecule has 2 aromatic rings. The van der Waals surface area contributed by atoms with Crippen molar-refractivity contribution in [3.8, 4) is 5.75 Å². The number of urea groups is 2. The number of rotatable bonds is 20. The quantitative estimate of drug-likeness (QED) is 0.0898. The fraction of sp³-hybridized carbons (Fsp3) is 0.529. The molecule has 6 amide bonds. The van der Waals surface area contributed by atoms with Gasteiger partial charge in [-0.25, -0.2) is 14.6 Å². The molecule has 2 rings (SSSR count). The molecule has 49 heavy (non-hydrogen) atoms. The zero-order chi connectivity index (χ0) is 36.3. The number of ether oxygens (including phenoxy) is 1. The molecule has 15 heteroatoms. The van der Waals surface area contributed by atoms with E-state index < -0.39 is 48.1 Å². The number of methoxy groups -OCH3 is 1. The summed E-state index contributed by atoms with van der Waals surface area (Å²) in [6.45, 7) is 7.08. The van der Waals surface area contributed by atoms with Crippen LogP contribution in [0.15, 0.2) is 54.6 Å². The number of hydrogen-bond acceptors (Lipinski definition) is 9. The van der Waals surface area contributed by atoms with Gasteiger partial charge in [-0.05, 0) is 41.5 Å². The molecule has 0 spiro atoms. The van der Waals surface area contributed by atoms with Crippen LogP contribution >= 0.6 is 0 Å². The average Bonchev–Trinajstić information content (AvgIpc) is 3.08. The summed E-state index contributed by atoms with van der Waals surface area (Å²) in [7, 11) is 1.56. The Bertz CT molecular complexity index is 1300. The third kappa shape index (κ3) is 14.3. The molecule has 0 aliphatic rings. The molecular formula is C34H53N7O8. The van der Waals surface area contributed by atoms with Crippen molar-refractivity contribution in [3.63, 3.8) is 0 Å². The van der Waals surface area contributed by atoms with E-state index in [-0.39, 0.29) is 57.6 Å². The summed E-state index contributed by atoms with van der Waals surface area (Å²) in [5, 5.41) is 44.4. The van der Waals surface area contributed by atoms with Crippen molar-refractivity contribution in [2.45, 2.75) is 64.9 Å². The van der Waals surface area contributed by atoms with Gasteiger partial charge in [0.05, 0.1) is 32.5 Å². The molecule has 0 heterocycles. The lowest BCUT2D eigenvalue weighted by Crippen LogP contribution is -2.56. The van der Waals surface area contributed by atoms with Crippen molar-refractivity contribution >= 4 is 23.9 Å². The van der Waals surface area contributed by atoms with Gasteiger partial charge in [0.1, 0.15) is 17.8 Å². The number of nitrogens with one attached hydrogen (secondary N) is 6. The van der Waals surface area contributed by atoms with Gasteiger partial charge in [-0.1, -0.05) is 70.2 Å². The van der Waals surface area contributed by atoms with Gasteiger partial charge in [-0.2, -0.15) is 0 Å². The highest BCUT2D eigenvalue weighted by Crippen LogP contribution is 2.21. The van der Waals surface area contributed by atoms with Crippen molar-refractivity contribution in [3.05, 3.63) is 65.7 Å².